The average Bonchev–Trinajstić information content (AvgIpc) is 1.87. The number of rotatable bonds is 5. The van der Waals surface area contributed by atoms with Crippen molar-refractivity contribution in [3.63, 3.8) is 0 Å². The minimum atomic E-state index is -0.673. The van der Waals surface area contributed by atoms with Crippen molar-refractivity contribution in [3.8, 4) is 0 Å². The molecule has 0 aromatic carbocycles. The van der Waals surface area contributed by atoms with E-state index >= 15 is 0 Å². The Labute approximate surface area is 68.6 Å². The molecule has 0 aromatic heterocycles. The first-order valence-electron chi connectivity index (χ1n) is 4.30. The quantitative estimate of drug-likeness (QED) is 0.667. The van der Waals surface area contributed by atoms with Crippen LogP contribution in [0.15, 0.2) is 0 Å². The summed E-state index contributed by atoms with van der Waals surface area (Å²) in [6.45, 7) is 6.01. The molecule has 2 nitrogen and oxygen atoms in total. The normalized spacial score (nSPS) is 15.9. The topological polar surface area (TPSA) is 37.3 Å². The van der Waals surface area contributed by atoms with Crippen LogP contribution >= 0.6 is 0 Å². The third kappa shape index (κ3) is 4.82. The Morgan fingerprint density at radius 1 is 1.45 bits per heavy atom. The zero-order valence-electron chi connectivity index (χ0n) is 7.63. The molecule has 66 valence electrons. The smallest absolute Gasteiger partial charge is 0.306 e. The number of carboxylic acids is 1. The Balaban J connectivity index is 3.56. The first kappa shape index (κ1) is 10.5. The lowest BCUT2D eigenvalue weighted by Crippen LogP contribution is -2.12. The average molecular weight is 158 g/mol. The molecule has 0 saturated heterocycles. The molecule has 0 radical (unpaired) electrons. The maximum Gasteiger partial charge on any atom is 0.306 e. The maximum atomic E-state index is 10.4. The highest BCUT2D eigenvalue weighted by molar-refractivity contribution is 5.69. The molecule has 0 aliphatic heterocycles. The van der Waals surface area contributed by atoms with Crippen molar-refractivity contribution >= 4 is 5.97 Å². The van der Waals surface area contributed by atoms with E-state index in [2.05, 4.69) is 13.8 Å². The van der Waals surface area contributed by atoms with Gasteiger partial charge in [-0.15, -0.1) is 0 Å². The van der Waals surface area contributed by atoms with Gasteiger partial charge in [-0.2, -0.15) is 0 Å². The molecule has 0 spiro atoms. The standard InChI is InChI=1S/C9H18O2/c1-4-5-7(2)6-8(3)9(10)11/h7-8H,4-6H2,1-3H3,(H,10,11)/t7-,8+/m0/s1. The molecule has 0 bridgehead atoms. The van der Waals surface area contributed by atoms with Crippen molar-refractivity contribution in [2.75, 3.05) is 0 Å². The molecule has 0 unspecified atom stereocenters. The van der Waals surface area contributed by atoms with Crippen molar-refractivity contribution < 1.29 is 9.90 Å². The van der Waals surface area contributed by atoms with Crippen LogP contribution in [0.3, 0.4) is 0 Å². The van der Waals surface area contributed by atoms with Crippen molar-refractivity contribution in [1.29, 1.82) is 0 Å². The molecule has 11 heavy (non-hydrogen) atoms. The molecule has 0 rings (SSSR count). The van der Waals surface area contributed by atoms with Crippen LogP contribution in [-0.4, -0.2) is 11.1 Å². The summed E-state index contributed by atoms with van der Waals surface area (Å²) in [5, 5.41) is 8.60. The number of carboxylic acid groups (broad SMARTS) is 1. The molecular formula is C9H18O2. The van der Waals surface area contributed by atoms with Crippen LogP contribution in [0.1, 0.15) is 40.0 Å². The van der Waals surface area contributed by atoms with Gasteiger partial charge in [0.2, 0.25) is 0 Å². The third-order valence-corrected chi connectivity index (χ3v) is 1.96. The molecule has 0 aromatic rings. The van der Waals surface area contributed by atoms with Crippen LogP contribution in [0.5, 0.6) is 0 Å². The van der Waals surface area contributed by atoms with Gasteiger partial charge in [-0.25, -0.2) is 0 Å². The number of aliphatic carboxylic acids is 1. The Morgan fingerprint density at radius 2 is 2.00 bits per heavy atom. The number of carbonyl (C=O) groups is 1. The predicted octanol–water partition coefficient (Wildman–Crippen LogP) is 2.53. The van der Waals surface area contributed by atoms with Gasteiger partial charge in [-0.1, -0.05) is 33.6 Å². The van der Waals surface area contributed by atoms with Gasteiger partial charge in [0, 0.05) is 0 Å². The second kappa shape index (κ2) is 5.16. The summed E-state index contributed by atoms with van der Waals surface area (Å²) in [6, 6.07) is 0. The lowest BCUT2D eigenvalue weighted by atomic mass is 9.94. The SMILES string of the molecule is CCC[C@H](C)C[C@@H](C)C(=O)O. The third-order valence-electron chi connectivity index (χ3n) is 1.96. The van der Waals surface area contributed by atoms with E-state index in [1.54, 1.807) is 6.92 Å². The summed E-state index contributed by atoms with van der Waals surface area (Å²) >= 11 is 0. The van der Waals surface area contributed by atoms with E-state index in [1.165, 1.54) is 0 Å². The second-order valence-corrected chi connectivity index (χ2v) is 3.37. The monoisotopic (exact) mass is 158 g/mol. The fourth-order valence-corrected chi connectivity index (χ4v) is 1.32. The lowest BCUT2D eigenvalue weighted by Gasteiger charge is -2.12. The minimum absolute atomic E-state index is 0.184. The Hall–Kier alpha value is -0.530. The summed E-state index contributed by atoms with van der Waals surface area (Å²) in [4.78, 5) is 10.4. The summed E-state index contributed by atoms with van der Waals surface area (Å²) < 4.78 is 0. The largest absolute Gasteiger partial charge is 0.481 e. The zero-order chi connectivity index (χ0) is 8.85. The highest BCUT2D eigenvalue weighted by atomic mass is 16.4. The summed E-state index contributed by atoms with van der Waals surface area (Å²) in [6.07, 6.45) is 3.09. The van der Waals surface area contributed by atoms with Crippen molar-refractivity contribution in [3.05, 3.63) is 0 Å². The van der Waals surface area contributed by atoms with Crippen LogP contribution < -0.4 is 0 Å². The molecule has 2 atom stereocenters. The highest BCUT2D eigenvalue weighted by Gasteiger charge is 2.13. The summed E-state index contributed by atoms with van der Waals surface area (Å²) in [5.74, 6) is -0.310. The van der Waals surface area contributed by atoms with Crippen LogP contribution in [0, 0.1) is 11.8 Å². The van der Waals surface area contributed by atoms with Crippen molar-refractivity contribution in [2.24, 2.45) is 11.8 Å². The van der Waals surface area contributed by atoms with Crippen LogP contribution in [0.25, 0.3) is 0 Å². The molecular weight excluding hydrogens is 140 g/mol. The number of hydrogen-bond donors (Lipinski definition) is 1. The van der Waals surface area contributed by atoms with Gasteiger partial charge in [0.05, 0.1) is 5.92 Å². The van der Waals surface area contributed by atoms with E-state index < -0.39 is 5.97 Å². The molecule has 0 amide bonds. The Kier molecular flexibility index (Phi) is 4.92. The fraction of sp³-hybridized carbons (Fsp3) is 0.889. The molecule has 2 heteroatoms. The van der Waals surface area contributed by atoms with Crippen molar-refractivity contribution in [1.82, 2.24) is 0 Å². The van der Waals surface area contributed by atoms with Gasteiger partial charge in [0.15, 0.2) is 0 Å². The Morgan fingerprint density at radius 3 is 2.36 bits per heavy atom. The Bertz CT molecular complexity index is 121. The maximum absolute atomic E-state index is 10.4. The van der Waals surface area contributed by atoms with Crippen LogP contribution in [0.2, 0.25) is 0 Å². The first-order valence-corrected chi connectivity index (χ1v) is 4.30. The highest BCUT2D eigenvalue weighted by Crippen LogP contribution is 2.16. The van der Waals surface area contributed by atoms with E-state index in [9.17, 15) is 4.79 Å². The second-order valence-electron chi connectivity index (χ2n) is 3.37. The van der Waals surface area contributed by atoms with Gasteiger partial charge in [0.1, 0.15) is 0 Å². The van der Waals surface area contributed by atoms with E-state index in [-0.39, 0.29) is 5.92 Å². The van der Waals surface area contributed by atoms with E-state index in [0.29, 0.717) is 5.92 Å². The summed E-state index contributed by atoms with van der Waals surface area (Å²) in [5.41, 5.74) is 0. The summed E-state index contributed by atoms with van der Waals surface area (Å²) in [7, 11) is 0. The molecule has 0 aliphatic rings. The molecule has 0 aliphatic carbocycles. The van der Waals surface area contributed by atoms with Gasteiger partial charge >= 0.3 is 5.97 Å². The van der Waals surface area contributed by atoms with Crippen LogP contribution in [0.4, 0.5) is 0 Å². The molecule has 1 N–H and O–H groups in total. The van der Waals surface area contributed by atoms with Gasteiger partial charge in [-0.3, -0.25) is 4.79 Å². The van der Waals surface area contributed by atoms with Gasteiger partial charge in [-0.05, 0) is 12.3 Å². The fourth-order valence-electron chi connectivity index (χ4n) is 1.32. The lowest BCUT2D eigenvalue weighted by molar-refractivity contribution is -0.141. The number of hydrogen-bond acceptors (Lipinski definition) is 1. The van der Waals surface area contributed by atoms with Crippen molar-refractivity contribution in [2.45, 2.75) is 40.0 Å². The van der Waals surface area contributed by atoms with Gasteiger partial charge < -0.3 is 5.11 Å². The zero-order valence-corrected chi connectivity index (χ0v) is 7.63. The van der Waals surface area contributed by atoms with Gasteiger partial charge in [0.25, 0.3) is 0 Å². The molecule has 0 saturated carbocycles. The first-order chi connectivity index (χ1) is 5.07. The molecule has 0 fully saturated rings. The van der Waals surface area contributed by atoms with E-state index in [4.69, 9.17) is 5.11 Å². The predicted molar refractivity (Wildman–Crippen MR) is 45.5 cm³/mol. The van der Waals surface area contributed by atoms with E-state index in [0.717, 1.165) is 19.3 Å². The van der Waals surface area contributed by atoms with Crippen LogP contribution in [-0.2, 0) is 4.79 Å². The van der Waals surface area contributed by atoms with E-state index in [1.807, 2.05) is 0 Å². The minimum Gasteiger partial charge on any atom is -0.481 e. The molecule has 0 heterocycles.